The van der Waals surface area contributed by atoms with E-state index in [9.17, 15) is 4.79 Å². The van der Waals surface area contributed by atoms with E-state index in [1.54, 1.807) is 30.3 Å². The standard InChI is InChI=1S/C24H29NO3/c1-27-22-14-19-13-20(24(26)21(19)15-23(22)28-2)12-17-8-10-25(11-9-17)16-18-6-4-3-5-7-18/h3-7,14-15,17,20H,8-13,16H2,1-2H3/i1D3,2D3,12D2,13D2,16D2,20D. The number of benzene rings is 2. The normalized spacial score (nSPS) is 33.4. The van der Waals surface area contributed by atoms with Gasteiger partial charge in [-0.2, -0.15) is 0 Å². The fraction of sp³-hybridized carbons (Fsp3) is 0.458. The summed E-state index contributed by atoms with van der Waals surface area (Å²) >= 11 is 0. The average Bonchev–Trinajstić information content (AvgIpc) is 3.01. The summed E-state index contributed by atoms with van der Waals surface area (Å²) in [6.45, 7) is -1.69. The Morgan fingerprint density at radius 3 is 2.61 bits per heavy atom. The fourth-order valence-electron chi connectivity index (χ4n) is 3.47. The zero-order valence-electron chi connectivity index (χ0n) is 28.1. The molecule has 0 aromatic heterocycles. The molecular weight excluding hydrogens is 350 g/mol. The van der Waals surface area contributed by atoms with Gasteiger partial charge in [0.05, 0.1) is 22.3 Å². The number of nitrogens with zero attached hydrogens (tertiary/aromatic N) is 1. The van der Waals surface area contributed by atoms with Crippen LogP contribution in [0.1, 0.15) is 58.5 Å². The number of fused-ring (bicyclic) bond motifs is 1. The van der Waals surface area contributed by atoms with Crippen LogP contribution in [0.25, 0.3) is 0 Å². The summed E-state index contributed by atoms with van der Waals surface area (Å²) in [7, 11) is -6.19. The first kappa shape index (κ1) is 9.00. The molecule has 148 valence electrons. The van der Waals surface area contributed by atoms with Gasteiger partial charge >= 0.3 is 0 Å². The minimum absolute atomic E-state index is 0.0283. The van der Waals surface area contributed by atoms with E-state index in [-0.39, 0.29) is 25.9 Å². The van der Waals surface area contributed by atoms with Gasteiger partial charge in [0, 0.05) is 27.5 Å². The molecule has 4 heteroatoms. The van der Waals surface area contributed by atoms with Crippen LogP contribution in [0.5, 0.6) is 11.5 Å². The maximum Gasteiger partial charge on any atom is 0.166 e. The summed E-state index contributed by atoms with van der Waals surface area (Å²) in [6.07, 6.45) is -5.70. The zero-order chi connectivity index (χ0) is 30.8. The third-order valence-electron chi connectivity index (χ3n) is 4.94. The van der Waals surface area contributed by atoms with E-state index in [0.717, 1.165) is 12.1 Å². The molecule has 0 saturated carbocycles. The van der Waals surface area contributed by atoms with Crippen molar-refractivity contribution in [1.82, 2.24) is 4.90 Å². The van der Waals surface area contributed by atoms with Crippen LogP contribution in [0.15, 0.2) is 42.5 Å². The van der Waals surface area contributed by atoms with Crippen LogP contribution in [0.4, 0.5) is 0 Å². The van der Waals surface area contributed by atoms with E-state index in [2.05, 4.69) is 0 Å². The second-order valence-corrected chi connectivity index (χ2v) is 6.76. The highest BCUT2D eigenvalue weighted by Crippen LogP contribution is 2.39. The predicted octanol–water partition coefficient (Wildman–Crippen LogP) is 4.36. The first-order valence-electron chi connectivity index (χ1n) is 15.5. The van der Waals surface area contributed by atoms with Crippen molar-refractivity contribution in [3.8, 4) is 11.5 Å². The van der Waals surface area contributed by atoms with Crippen molar-refractivity contribution >= 4 is 5.78 Å². The van der Waals surface area contributed by atoms with Crippen LogP contribution in [0.2, 0.25) is 0 Å². The minimum atomic E-state index is -3.10. The highest BCUT2D eigenvalue weighted by atomic mass is 16.5. The Balaban J connectivity index is 1.68. The molecule has 1 unspecified atom stereocenters. The van der Waals surface area contributed by atoms with Crippen molar-refractivity contribution in [2.24, 2.45) is 11.8 Å². The molecule has 0 N–H and O–H groups in total. The number of hydrogen-bond acceptors (Lipinski definition) is 4. The molecule has 1 aliphatic heterocycles. The second-order valence-electron chi connectivity index (χ2n) is 6.76. The van der Waals surface area contributed by atoms with Gasteiger partial charge in [-0.05, 0) is 67.9 Å². The maximum absolute atomic E-state index is 13.7. The molecule has 2 aromatic carbocycles. The Kier molecular flexibility index (Phi) is 2.69. The predicted molar refractivity (Wildman–Crippen MR) is 110 cm³/mol. The quantitative estimate of drug-likeness (QED) is 0.732. The number of hydrogen-bond donors (Lipinski definition) is 0. The van der Waals surface area contributed by atoms with E-state index in [4.69, 9.17) is 27.3 Å². The SMILES string of the molecule is [2H]C([2H])([2H])Oc1cc2c(cc1OC([2H])([2H])[2H])C([2H])([2H])C([2H])(C([2H])([2H])C1CCN(C([2H])([2H])c3ccccc3)CC1)C2=O. The fourth-order valence-corrected chi connectivity index (χ4v) is 3.47. The summed E-state index contributed by atoms with van der Waals surface area (Å²) in [5.74, 6) is -6.68. The summed E-state index contributed by atoms with van der Waals surface area (Å²) in [4.78, 5) is 15.2. The zero-order valence-corrected chi connectivity index (χ0v) is 15.1. The lowest BCUT2D eigenvalue weighted by Gasteiger charge is -2.32. The number of ketones is 1. The lowest BCUT2D eigenvalue weighted by Crippen LogP contribution is -2.34. The van der Waals surface area contributed by atoms with Gasteiger partial charge in [-0.3, -0.25) is 9.69 Å². The number of piperidine rings is 1. The second kappa shape index (κ2) is 8.36. The minimum Gasteiger partial charge on any atom is -0.493 e. The molecule has 1 fully saturated rings. The highest BCUT2D eigenvalue weighted by Gasteiger charge is 2.34. The molecule has 0 radical (unpaired) electrons. The summed E-state index contributed by atoms with van der Waals surface area (Å²) in [6, 6.07) is 10.0. The van der Waals surface area contributed by atoms with Crippen molar-refractivity contribution in [2.75, 3.05) is 27.2 Å². The Labute approximate surface area is 185 Å². The Bertz CT molecular complexity index is 1300. The molecule has 4 rings (SSSR count). The van der Waals surface area contributed by atoms with E-state index in [1.807, 2.05) is 0 Å². The summed E-state index contributed by atoms with van der Waals surface area (Å²) in [5, 5.41) is 0. The van der Waals surface area contributed by atoms with Crippen molar-refractivity contribution in [3.63, 3.8) is 0 Å². The van der Waals surface area contributed by atoms with Crippen LogP contribution >= 0.6 is 0 Å². The molecule has 1 saturated heterocycles. The molecule has 0 spiro atoms. The molecule has 0 bridgehead atoms. The van der Waals surface area contributed by atoms with Crippen molar-refractivity contribution in [3.05, 3.63) is 59.2 Å². The molecule has 1 aliphatic carbocycles. The van der Waals surface area contributed by atoms with Crippen molar-refractivity contribution in [2.45, 2.75) is 32.1 Å². The van der Waals surface area contributed by atoms with E-state index < -0.39 is 73.5 Å². The molecule has 4 nitrogen and oxygen atoms in total. The van der Waals surface area contributed by atoms with Gasteiger partial charge in [0.2, 0.25) is 0 Å². The first-order chi connectivity index (χ1) is 18.6. The Morgan fingerprint density at radius 1 is 1.18 bits per heavy atom. The number of methoxy groups -OCH3 is 2. The van der Waals surface area contributed by atoms with Crippen molar-refractivity contribution < 1.29 is 32.1 Å². The van der Waals surface area contributed by atoms with Gasteiger partial charge in [-0.15, -0.1) is 0 Å². The molecule has 0 amide bonds. The van der Waals surface area contributed by atoms with Crippen LogP contribution in [0.3, 0.4) is 0 Å². The average molecular weight is 393 g/mol. The summed E-state index contributed by atoms with van der Waals surface area (Å²) in [5.41, 5.74) is -0.610. The number of carbonyl (C=O) groups is 1. The van der Waals surface area contributed by atoms with Gasteiger partial charge in [-0.1, -0.05) is 30.3 Å². The van der Waals surface area contributed by atoms with Crippen LogP contribution in [-0.2, 0) is 12.9 Å². The van der Waals surface area contributed by atoms with Gasteiger partial charge in [0.25, 0.3) is 0 Å². The number of likely N-dealkylation sites (tertiary alicyclic amines) is 1. The highest BCUT2D eigenvalue weighted by molar-refractivity contribution is 6.02. The van der Waals surface area contributed by atoms with E-state index in [0.29, 0.717) is 5.56 Å². The number of rotatable bonds is 6. The molecule has 2 aromatic rings. The third-order valence-corrected chi connectivity index (χ3v) is 4.94. The monoisotopic (exact) mass is 392 g/mol. The van der Waals surface area contributed by atoms with Crippen molar-refractivity contribution in [1.29, 1.82) is 0 Å². The lowest BCUT2D eigenvalue weighted by molar-refractivity contribution is 0.0895. The molecule has 2 aliphatic rings. The van der Waals surface area contributed by atoms with Gasteiger partial charge in [0.15, 0.2) is 17.3 Å². The smallest absolute Gasteiger partial charge is 0.166 e. The Morgan fingerprint density at radius 2 is 1.89 bits per heavy atom. The largest absolute Gasteiger partial charge is 0.493 e. The summed E-state index contributed by atoms with van der Waals surface area (Å²) < 4.78 is 115. The van der Waals surface area contributed by atoms with Crippen LogP contribution in [0, 0.1) is 11.8 Å². The topological polar surface area (TPSA) is 38.8 Å². The number of Topliss-reactive ketones (excluding diaryl/α,β-unsaturated/α-hetero) is 1. The molecule has 28 heavy (non-hydrogen) atoms. The maximum atomic E-state index is 13.7. The first-order valence-corrected chi connectivity index (χ1v) is 9.05. The molecule has 1 atom stereocenters. The third kappa shape index (κ3) is 3.93. The number of ether oxygens (including phenoxy) is 2. The Hall–Kier alpha value is -2.33. The molecule has 1 heterocycles. The van der Waals surface area contributed by atoms with E-state index in [1.165, 1.54) is 4.90 Å². The van der Waals surface area contributed by atoms with Crippen LogP contribution < -0.4 is 9.47 Å². The van der Waals surface area contributed by atoms with Crippen LogP contribution in [-0.4, -0.2) is 37.8 Å². The van der Waals surface area contributed by atoms with E-state index >= 15 is 0 Å². The lowest BCUT2D eigenvalue weighted by atomic mass is 9.85. The van der Waals surface area contributed by atoms with Gasteiger partial charge < -0.3 is 9.47 Å². The number of carbonyl (C=O) groups excluding carboxylic acids is 1. The van der Waals surface area contributed by atoms with Gasteiger partial charge in [0.1, 0.15) is 0 Å². The van der Waals surface area contributed by atoms with Gasteiger partial charge in [-0.25, -0.2) is 0 Å². The molecular formula is C24H29NO3.